The van der Waals surface area contributed by atoms with Gasteiger partial charge < -0.3 is 53.3 Å². The van der Waals surface area contributed by atoms with Crippen molar-refractivity contribution < 1.29 is 47.5 Å². The molecule has 10 heteroatoms. The van der Waals surface area contributed by atoms with Crippen molar-refractivity contribution >= 4 is 34.9 Å². The molecule has 182 valence electrons. The molecule has 2 aromatic rings. The summed E-state index contributed by atoms with van der Waals surface area (Å²) in [6.45, 7) is 2.78. The Labute approximate surface area is 222 Å². The van der Waals surface area contributed by atoms with Gasteiger partial charge in [0.15, 0.2) is 11.5 Å². The van der Waals surface area contributed by atoms with Crippen molar-refractivity contribution in [3.8, 4) is 17.2 Å². The Bertz CT molecular complexity index is 944. The fourth-order valence-electron chi connectivity index (χ4n) is 4.08. The highest BCUT2D eigenvalue weighted by Gasteiger charge is 2.31. The number of urea groups is 1. The van der Waals surface area contributed by atoms with Crippen molar-refractivity contribution in [1.29, 1.82) is 0 Å². The van der Waals surface area contributed by atoms with Gasteiger partial charge in [-0.25, -0.2) is 4.79 Å². The first-order chi connectivity index (χ1) is 15.3. The van der Waals surface area contributed by atoms with Crippen LogP contribution < -0.4 is 48.8 Å². The quantitative estimate of drug-likeness (QED) is 0.372. The van der Waals surface area contributed by atoms with E-state index in [1.807, 2.05) is 18.2 Å². The van der Waals surface area contributed by atoms with Gasteiger partial charge in [0.2, 0.25) is 5.75 Å². The van der Waals surface area contributed by atoms with E-state index in [0.29, 0.717) is 33.0 Å². The van der Waals surface area contributed by atoms with Gasteiger partial charge in [0.25, 0.3) is 0 Å². The van der Waals surface area contributed by atoms with Gasteiger partial charge in [-0.3, -0.25) is 0 Å². The molecule has 3 rings (SSSR count). The van der Waals surface area contributed by atoms with Gasteiger partial charge in [0.1, 0.15) is 6.54 Å². The van der Waals surface area contributed by atoms with Crippen molar-refractivity contribution in [1.82, 2.24) is 5.32 Å². The number of amides is 2. The highest BCUT2D eigenvalue weighted by Crippen LogP contribution is 2.40. The molecule has 0 bridgehead atoms. The molecule has 0 saturated carbocycles. The maximum Gasteiger partial charge on any atom is 0.319 e. The highest BCUT2D eigenvalue weighted by atomic mass is 127. The lowest BCUT2D eigenvalue weighted by Crippen LogP contribution is -3.00. The van der Waals surface area contributed by atoms with Crippen LogP contribution in [0.15, 0.2) is 30.3 Å². The number of likely N-dealkylation sites (tertiary alicyclic amines) is 1. The Morgan fingerprint density at radius 2 is 1.61 bits per heavy atom. The number of ether oxygens (including phenoxy) is 3. The molecule has 0 aromatic heterocycles. The van der Waals surface area contributed by atoms with E-state index < -0.39 is 0 Å². The first kappa shape index (κ1) is 27.6. The standard InChI is InChI=1S/C23H29Cl2N3O4.HI/c1-28(14-15-5-6-18(24)19(25)11-15)9-7-16(8-10-28)26-23(29)27-17-12-20(30-2)22(32-4)21(13-17)31-3;/h5-6,11-13,16H,7-10,14H2,1-4H3,(H-,26,27,29);1H. The van der Waals surface area contributed by atoms with Gasteiger partial charge >= 0.3 is 6.03 Å². The monoisotopic (exact) mass is 609 g/mol. The first-order valence-electron chi connectivity index (χ1n) is 10.4. The van der Waals surface area contributed by atoms with Crippen LogP contribution in [0.1, 0.15) is 18.4 Å². The number of methoxy groups -OCH3 is 3. The number of carbonyl (C=O) groups is 1. The van der Waals surface area contributed by atoms with E-state index >= 15 is 0 Å². The molecule has 33 heavy (non-hydrogen) atoms. The van der Waals surface area contributed by atoms with Crippen LogP contribution in [0.5, 0.6) is 17.2 Å². The number of benzene rings is 2. The number of anilines is 1. The third-order valence-electron chi connectivity index (χ3n) is 5.84. The van der Waals surface area contributed by atoms with E-state index in [4.69, 9.17) is 37.4 Å². The molecule has 7 nitrogen and oxygen atoms in total. The summed E-state index contributed by atoms with van der Waals surface area (Å²) in [5.41, 5.74) is 1.72. The zero-order chi connectivity index (χ0) is 23.3. The van der Waals surface area contributed by atoms with Crippen LogP contribution in [0.25, 0.3) is 0 Å². The zero-order valence-electron chi connectivity index (χ0n) is 19.2. The number of carbonyl (C=O) groups excluding carboxylic acids is 1. The predicted octanol–water partition coefficient (Wildman–Crippen LogP) is 1.95. The number of nitrogens with one attached hydrogen (secondary N) is 2. The molecule has 1 saturated heterocycles. The van der Waals surface area contributed by atoms with E-state index in [1.54, 1.807) is 12.1 Å². The second-order valence-electron chi connectivity index (χ2n) is 8.26. The summed E-state index contributed by atoms with van der Waals surface area (Å²) >= 11 is 12.2. The van der Waals surface area contributed by atoms with E-state index in [0.717, 1.165) is 42.5 Å². The normalized spacial score (nSPS) is 19.8. The molecule has 2 N–H and O–H groups in total. The van der Waals surface area contributed by atoms with Gasteiger partial charge in [-0.05, 0) is 12.1 Å². The smallest absolute Gasteiger partial charge is 0.319 e. The van der Waals surface area contributed by atoms with Crippen LogP contribution in [0.3, 0.4) is 0 Å². The lowest BCUT2D eigenvalue weighted by molar-refractivity contribution is -0.927. The van der Waals surface area contributed by atoms with Crippen LogP contribution >= 0.6 is 23.2 Å². The Kier molecular flexibility index (Phi) is 10.2. The Hall–Kier alpha value is -1.62. The molecule has 2 amide bonds. The van der Waals surface area contributed by atoms with E-state index in [9.17, 15) is 4.79 Å². The third kappa shape index (κ3) is 7.18. The van der Waals surface area contributed by atoms with Crippen LogP contribution in [0, 0.1) is 0 Å². The van der Waals surface area contributed by atoms with Gasteiger partial charge in [-0.1, -0.05) is 29.3 Å². The van der Waals surface area contributed by atoms with Crippen molar-refractivity contribution in [3.05, 3.63) is 45.9 Å². The lowest BCUT2D eigenvalue weighted by Gasteiger charge is -2.40. The zero-order valence-corrected chi connectivity index (χ0v) is 22.9. The minimum absolute atomic E-state index is 0. The fourth-order valence-corrected chi connectivity index (χ4v) is 4.40. The average Bonchev–Trinajstić information content (AvgIpc) is 2.77. The van der Waals surface area contributed by atoms with Crippen LogP contribution in [0.4, 0.5) is 10.5 Å². The largest absolute Gasteiger partial charge is 1.00 e. The summed E-state index contributed by atoms with van der Waals surface area (Å²) in [6, 6.07) is 9.05. The highest BCUT2D eigenvalue weighted by molar-refractivity contribution is 6.42. The number of piperidine rings is 1. The summed E-state index contributed by atoms with van der Waals surface area (Å²) < 4.78 is 16.9. The SMILES string of the molecule is COc1cc(NC(=O)NC2CC[N+](C)(Cc3ccc(Cl)c(Cl)c3)CC2)cc(OC)c1OC.[I-]. The molecular formula is C23H30Cl2IN3O4. The van der Waals surface area contributed by atoms with Crippen LogP contribution in [-0.4, -0.2) is 58.0 Å². The molecule has 1 fully saturated rings. The molecule has 0 unspecified atom stereocenters. The predicted molar refractivity (Wildman–Crippen MR) is 127 cm³/mol. The van der Waals surface area contributed by atoms with E-state index in [1.165, 1.54) is 21.3 Å². The molecule has 1 aliphatic rings. The summed E-state index contributed by atoms with van der Waals surface area (Å²) in [6.07, 6.45) is 1.78. The Morgan fingerprint density at radius 1 is 1.00 bits per heavy atom. The number of hydrogen-bond donors (Lipinski definition) is 2. The summed E-state index contributed by atoms with van der Waals surface area (Å²) in [5.74, 6) is 1.44. The Balaban J connectivity index is 0.00000385. The molecule has 2 aromatic carbocycles. The summed E-state index contributed by atoms with van der Waals surface area (Å²) in [4.78, 5) is 12.6. The lowest BCUT2D eigenvalue weighted by atomic mass is 10.0. The minimum atomic E-state index is -0.259. The number of nitrogens with zero attached hydrogens (tertiary/aromatic N) is 1. The second-order valence-corrected chi connectivity index (χ2v) is 9.07. The number of rotatable bonds is 7. The van der Waals surface area contributed by atoms with Crippen molar-refractivity contribution in [2.45, 2.75) is 25.4 Å². The number of quaternary nitrogens is 1. The maximum absolute atomic E-state index is 12.6. The van der Waals surface area contributed by atoms with Gasteiger partial charge in [0.05, 0.1) is 57.2 Å². The van der Waals surface area contributed by atoms with E-state index in [-0.39, 0.29) is 36.0 Å². The molecule has 0 atom stereocenters. The minimum Gasteiger partial charge on any atom is -1.00 e. The van der Waals surface area contributed by atoms with Crippen LogP contribution in [0.2, 0.25) is 10.0 Å². The Morgan fingerprint density at radius 3 is 2.12 bits per heavy atom. The maximum atomic E-state index is 12.6. The topological polar surface area (TPSA) is 68.8 Å². The van der Waals surface area contributed by atoms with Crippen molar-refractivity contribution in [2.75, 3.05) is 46.8 Å². The van der Waals surface area contributed by atoms with E-state index in [2.05, 4.69) is 17.7 Å². The fraction of sp³-hybridized carbons (Fsp3) is 0.435. The van der Waals surface area contributed by atoms with Crippen molar-refractivity contribution in [2.24, 2.45) is 0 Å². The van der Waals surface area contributed by atoms with Gasteiger partial charge in [-0.2, -0.15) is 0 Å². The number of halogens is 3. The first-order valence-corrected chi connectivity index (χ1v) is 11.2. The summed E-state index contributed by atoms with van der Waals surface area (Å²) in [5, 5.41) is 7.09. The van der Waals surface area contributed by atoms with Crippen molar-refractivity contribution in [3.63, 3.8) is 0 Å². The third-order valence-corrected chi connectivity index (χ3v) is 6.58. The second kappa shape index (κ2) is 12.2. The molecule has 0 radical (unpaired) electrons. The average molecular weight is 610 g/mol. The number of hydrogen-bond acceptors (Lipinski definition) is 4. The molecule has 1 aliphatic heterocycles. The van der Waals surface area contributed by atoms with Gasteiger partial charge in [0, 0.05) is 36.6 Å². The molecule has 0 aliphatic carbocycles. The molecule has 0 spiro atoms. The van der Waals surface area contributed by atoms with Crippen LogP contribution in [-0.2, 0) is 6.54 Å². The summed E-state index contributed by atoms with van der Waals surface area (Å²) in [7, 11) is 6.85. The molecular weight excluding hydrogens is 580 g/mol. The van der Waals surface area contributed by atoms with Gasteiger partial charge in [-0.15, -0.1) is 0 Å². The molecule has 1 heterocycles.